The molecule has 0 saturated carbocycles. The van der Waals surface area contributed by atoms with Gasteiger partial charge < -0.3 is 15.3 Å². The monoisotopic (exact) mass is 312 g/mol. The highest BCUT2D eigenvalue weighted by Crippen LogP contribution is 2.23. The lowest BCUT2D eigenvalue weighted by atomic mass is 9.90. The van der Waals surface area contributed by atoms with Crippen molar-refractivity contribution in [2.24, 2.45) is 17.3 Å². The minimum atomic E-state index is -0.489. The van der Waals surface area contributed by atoms with Crippen molar-refractivity contribution in [2.45, 2.75) is 60.0 Å². The van der Waals surface area contributed by atoms with Crippen molar-refractivity contribution in [3.05, 3.63) is 0 Å². The SMILES string of the molecule is CCC(C)C(O)CNC(=O)C1CCN(C(=O)C(C)(C)C)CC1. The van der Waals surface area contributed by atoms with E-state index in [1.807, 2.05) is 39.5 Å². The smallest absolute Gasteiger partial charge is 0.227 e. The number of hydrogen-bond acceptors (Lipinski definition) is 3. The molecular formula is C17H32N2O3. The molecule has 1 rings (SSSR count). The molecule has 1 aliphatic rings. The Morgan fingerprint density at radius 1 is 1.27 bits per heavy atom. The molecule has 2 atom stereocenters. The summed E-state index contributed by atoms with van der Waals surface area (Å²) in [6.07, 6.45) is 1.81. The molecule has 5 nitrogen and oxygen atoms in total. The summed E-state index contributed by atoms with van der Waals surface area (Å²) < 4.78 is 0. The van der Waals surface area contributed by atoms with E-state index < -0.39 is 6.10 Å². The molecular weight excluding hydrogens is 280 g/mol. The van der Waals surface area contributed by atoms with Crippen LogP contribution in [0.2, 0.25) is 0 Å². The maximum absolute atomic E-state index is 12.2. The third kappa shape index (κ3) is 5.27. The molecule has 0 aliphatic carbocycles. The lowest BCUT2D eigenvalue weighted by Crippen LogP contribution is -2.47. The molecule has 2 amide bonds. The molecule has 1 saturated heterocycles. The summed E-state index contributed by atoms with van der Waals surface area (Å²) in [5, 5.41) is 12.8. The van der Waals surface area contributed by atoms with E-state index in [2.05, 4.69) is 5.32 Å². The average molecular weight is 312 g/mol. The number of amides is 2. The van der Waals surface area contributed by atoms with Crippen LogP contribution in [0.5, 0.6) is 0 Å². The summed E-state index contributed by atoms with van der Waals surface area (Å²) in [7, 11) is 0. The average Bonchev–Trinajstić information content (AvgIpc) is 2.49. The maximum Gasteiger partial charge on any atom is 0.227 e. The minimum absolute atomic E-state index is 0.00482. The zero-order valence-corrected chi connectivity index (χ0v) is 14.7. The number of nitrogens with one attached hydrogen (secondary N) is 1. The number of carbonyl (C=O) groups is 2. The number of aliphatic hydroxyl groups is 1. The zero-order chi connectivity index (χ0) is 16.9. The van der Waals surface area contributed by atoms with E-state index in [4.69, 9.17) is 0 Å². The number of hydrogen-bond donors (Lipinski definition) is 2. The molecule has 0 bridgehead atoms. The zero-order valence-electron chi connectivity index (χ0n) is 14.7. The van der Waals surface area contributed by atoms with E-state index in [-0.39, 0.29) is 29.1 Å². The van der Waals surface area contributed by atoms with Crippen molar-refractivity contribution in [3.63, 3.8) is 0 Å². The molecule has 5 heteroatoms. The van der Waals surface area contributed by atoms with E-state index in [9.17, 15) is 14.7 Å². The molecule has 2 unspecified atom stereocenters. The van der Waals surface area contributed by atoms with E-state index in [0.29, 0.717) is 32.5 Å². The van der Waals surface area contributed by atoms with Gasteiger partial charge in [-0.1, -0.05) is 41.0 Å². The van der Waals surface area contributed by atoms with Gasteiger partial charge in [0.25, 0.3) is 0 Å². The fraction of sp³-hybridized carbons (Fsp3) is 0.882. The van der Waals surface area contributed by atoms with Crippen LogP contribution in [0, 0.1) is 17.3 Å². The third-order valence-corrected chi connectivity index (χ3v) is 4.58. The Morgan fingerprint density at radius 3 is 2.27 bits per heavy atom. The Bertz CT molecular complexity index is 382. The quantitative estimate of drug-likeness (QED) is 0.813. The molecule has 0 aromatic rings. The Kier molecular flexibility index (Phi) is 6.85. The number of nitrogens with zero attached hydrogens (tertiary/aromatic N) is 1. The van der Waals surface area contributed by atoms with Gasteiger partial charge in [-0.05, 0) is 18.8 Å². The summed E-state index contributed by atoms with van der Waals surface area (Å²) in [6.45, 7) is 11.4. The van der Waals surface area contributed by atoms with Crippen molar-refractivity contribution in [1.29, 1.82) is 0 Å². The van der Waals surface area contributed by atoms with Gasteiger partial charge in [0.2, 0.25) is 11.8 Å². The Morgan fingerprint density at radius 2 is 1.82 bits per heavy atom. The number of carbonyl (C=O) groups excluding carboxylic acids is 2. The highest BCUT2D eigenvalue weighted by Gasteiger charge is 2.32. The Hall–Kier alpha value is -1.10. The van der Waals surface area contributed by atoms with Crippen molar-refractivity contribution >= 4 is 11.8 Å². The first-order chi connectivity index (χ1) is 10.2. The molecule has 1 aliphatic heterocycles. The lowest BCUT2D eigenvalue weighted by Gasteiger charge is -2.35. The van der Waals surface area contributed by atoms with Gasteiger partial charge in [-0.15, -0.1) is 0 Å². The number of rotatable bonds is 5. The van der Waals surface area contributed by atoms with Gasteiger partial charge in [-0.2, -0.15) is 0 Å². The Labute approximate surface area is 134 Å². The second-order valence-corrected chi connectivity index (χ2v) is 7.51. The van der Waals surface area contributed by atoms with Gasteiger partial charge in [0.1, 0.15) is 0 Å². The molecule has 22 heavy (non-hydrogen) atoms. The molecule has 0 aromatic carbocycles. The molecule has 2 N–H and O–H groups in total. The Balaban J connectivity index is 2.38. The summed E-state index contributed by atoms with van der Waals surface area (Å²) in [6, 6.07) is 0. The van der Waals surface area contributed by atoms with Crippen LogP contribution in [0.3, 0.4) is 0 Å². The van der Waals surface area contributed by atoms with Gasteiger partial charge in [-0.25, -0.2) is 0 Å². The number of likely N-dealkylation sites (tertiary alicyclic amines) is 1. The molecule has 1 heterocycles. The predicted octanol–water partition coefficient (Wildman–Crippen LogP) is 1.79. The maximum atomic E-state index is 12.2. The van der Waals surface area contributed by atoms with Crippen LogP contribution in [-0.2, 0) is 9.59 Å². The normalized spacial score (nSPS) is 19.6. The van der Waals surface area contributed by atoms with Gasteiger partial charge in [0, 0.05) is 31.0 Å². The van der Waals surface area contributed by atoms with E-state index in [0.717, 1.165) is 6.42 Å². The van der Waals surface area contributed by atoms with Crippen LogP contribution < -0.4 is 5.32 Å². The second kappa shape index (κ2) is 7.95. The van der Waals surface area contributed by atoms with Crippen molar-refractivity contribution in [2.75, 3.05) is 19.6 Å². The summed E-state index contributed by atoms with van der Waals surface area (Å²) >= 11 is 0. The van der Waals surface area contributed by atoms with Crippen LogP contribution in [0.1, 0.15) is 53.9 Å². The molecule has 1 fully saturated rings. The van der Waals surface area contributed by atoms with Crippen LogP contribution in [-0.4, -0.2) is 47.6 Å². The standard InChI is InChI=1S/C17H32N2O3/c1-6-12(2)14(20)11-18-15(21)13-7-9-19(10-8-13)16(22)17(3,4)5/h12-14,20H,6-11H2,1-5H3,(H,18,21). The van der Waals surface area contributed by atoms with Gasteiger partial charge in [0.05, 0.1) is 6.10 Å². The second-order valence-electron chi connectivity index (χ2n) is 7.51. The highest BCUT2D eigenvalue weighted by atomic mass is 16.3. The molecule has 0 spiro atoms. The largest absolute Gasteiger partial charge is 0.391 e. The summed E-state index contributed by atoms with van der Waals surface area (Å²) in [4.78, 5) is 26.2. The lowest BCUT2D eigenvalue weighted by molar-refractivity contribution is -0.142. The van der Waals surface area contributed by atoms with E-state index in [1.165, 1.54) is 0 Å². The first kappa shape index (κ1) is 18.9. The summed E-state index contributed by atoms with van der Waals surface area (Å²) in [5.41, 5.74) is -0.366. The summed E-state index contributed by atoms with van der Waals surface area (Å²) in [5.74, 6) is 0.295. The predicted molar refractivity (Wildman–Crippen MR) is 87.2 cm³/mol. The topological polar surface area (TPSA) is 69.6 Å². The van der Waals surface area contributed by atoms with Crippen LogP contribution in [0.25, 0.3) is 0 Å². The van der Waals surface area contributed by atoms with E-state index >= 15 is 0 Å². The fourth-order valence-corrected chi connectivity index (χ4v) is 2.64. The third-order valence-electron chi connectivity index (χ3n) is 4.58. The highest BCUT2D eigenvalue weighted by molar-refractivity contribution is 5.82. The molecule has 128 valence electrons. The fourth-order valence-electron chi connectivity index (χ4n) is 2.64. The minimum Gasteiger partial charge on any atom is -0.391 e. The van der Waals surface area contributed by atoms with Gasteiger partial charge in [-0.3, -0.25) is 9.59 Å². The van der Waals surface area contributed by atoms with E-state index in [1.54, 1.807) is 0 Å². The molecule has 0 radical (unpaired) electrons. The van der Waals surface area contributed by atoms with Crippen molar-refractivity contribution < 1.29 is 14.7 Å². The van der Waals surface area contributed by atoms with Crippen molar-refractivity contribution in [3.8, 4) is 0 Å². The van der Waals surface area contributed by atoms with Gasteiger partial charge in [0.15, 0.2) is 0 Å². The first-order valence-electron chi connectivity index (χ1n) is 8.42. The first-order valence-corrected chi connectivity index (χ1v) is 8.42. The van der Waals surface area contributed by atoms with Crippen molar-refractivity contribution in [1.82, 2.24) is 10.2 Å². The molecule has 0 aromatic heterocycles. The van der Waals surface area contributed by atoms with Gasteiger partial charge >= 0.3 is 0 Å². The number of aliphatic hydroxyl groups excluding tert-OH is 1. The van der Waals surface area contributed by atoms with Crippen LogP contribution in [0.4, 0.5) is 0 Å². The van der Waals surface area contributed by atoms with Crippen LogP contribution >= 0.6 is 0 Å². The number of piperidine rings is 1. The van der Waals surface area contributed by atoms with Crippen LogP contribution in [0.15, 0.2) is 0 Å².